The highest BCUT2D eigenvalue weighted by Crippen LogP contribution is 2.46. The number of nitrogens with zero attached hydrogens (tertiary/aromatic N) is 2. The molecule has 0 saturated carbocycles. The number of aryl methyl sites for hydroxylation is 2. The van der Waals surface area contributed by atoms with Crippen LogP contribution in [0.5, 0.6) is 0 Å². The van der Waals surface area contributed by atoms with Gasteiger partial charge in [-0.1, -0.05) is 146 Å². The van der Waals surface area contributed by atoms with Gasteiger partial charge in [0.1, 0.15) is 0 Å². The van der Waals surface area contributed by atoms with E-state index < -0.39 is 0 Å². The first-order chi connectivity index (χ1) is 30.4. The summed E-state index contributed by atoms with van der Waals surface area (Å²) >= 11 is 0. The second-order valence-electron chi connectivity index (χ2n) is 17.1. The van der Waals surface area contributed by atoms with Crippen LogP contribution in [-0.4, -0.2) is 9.13 Å². The molecule has 12 aromatic rings. The van der Waals surface area contributed by atoms with E-state index in [1.165, 1.54) is 133 Å². The molecule has 0 atom stereocenters. The summed E-state index contributed by atoms with van der Waals surface area (Å²) in [4.78, 5) is 0. The van der Waals surface area contributed by atoms with E-state index in [1.54, 1.807) is 0 Å². The molecular formula is C60H44N2. The van der Waals surface area contributed by atoms with Gasteiger partial charge in [-0.05, 0) is 153 Å². The third-order valence-electron chi connectivity index (χ3n) is 13.6. The third kappa shape index (κ3) is 5.50. The molecule has 0 N–H and O–H groups in total. The Labute approximate surface area is 361 Å². The molecule has 0 aliphatic heterocycles. The van der Waals surface area contributed by atoms with Crippen molar-refractivity contribution in [2.24, 2.45) is 0 Å². The Kier molecular flexibility index (Phi) is 8.14. The fourth-order valence-electron chi connectivity index (χ4n) is 10.4. The minimum Gasteiger partial charge on any atom is -0.313 e. The van der Waals surface area contributed by atoms with Crippen LogP contribution in [0.2, 0.25) is 0 Å². The van der Waals surface area contributed by atoms with Gasteiger partial charge in [0.2, 0.25) is 0 Å². The van der Waals surface area contributed by atoms with Crippen molar-refractivity contribution in [1.29, 1.82) is 0 Å². The highest BCUT2D eigenvalue weighted by atomic mass is 15.0. The molecule has 0 bridgehead atoms. The first-order valence-corrected chi connectivity index (χ1v) is 21.7. The van der Waals surface area contributed by atoms with Crippen molar-refractivity contribution in [3.05, 3.63) is 217 Å². The SMILES string of the molecule is Cc1c(C)n(-c2cc(-c3ccccc3)cc(-c3ccccc3)c2)c2c1cc1ccc3c4c(ccc2c14)cc1c(C)c(C)n(-c2cc(-c4ccccc4)cc(-c4ccccc4)c2)c13. The Morgan fingerprint density at radius 3 is 0.887 bits per heavy atom. The monoisotopic (exact) mass is 792 g/mol. The van der Waals surface area contributed by atoms with E-state index in [2.05, 4.69) is 231 Å². The molecule has 62 heavy (non-hydrogen) atoms. The molecule has 2 nitrogen and oxygen atoms in total. The van der Waals surface area contributed by atoms with Crippen LogP contribution in [0.15, 0.2) is 194 Å². The number of hydrogen-bond acceptors (Lipinski definition) is 0. The maximum atomic E-state index is 2.53. The van der Waals surface area contributed by atoms with Gasteiger partial charge in [0, 0.05) is 44.3 Å². The summed E-state index contributed by atoms with van der Waals surface area (Å²) in [5.41, 5.74) is 19.7. The predicted molar refractivity (Wildman–Crippen MR) is 265 cm³/mol. The van der Waals surface area contributed by atoms with Crippen LogP contribution in [0.3, 0.4) is 0 Å². The number of fused-ring (bicyclic) bond motifs is 4. The molecule has 0 amide bonds. The van der Waals surface area contributed by atoms with Crippen LogP contribution in [0.4, 0.5) is 0 Å². The standard InChI is InChI=1S/C60H44N2/c1-37-39(3)61(51-31-47(41-17-9-5-10-18-41)29-48(32-51)42-19-11-6-12-20-42)59-53-27-26-46-36-56-38(2)40(4)62(60(56)54-28-25-45(35-55(37)59)57(53)58(46)54)52-33-49(43-21-13-7-14-22-43)30-50(34-52)44-23-15-8-16-24-44/h5-36H,1-4H3. The zero-order valence-electron chi connectivity index (χ0n) is 35.4. The van der Waals surface area contributed by atoms with Gasteiger partial charge in [0.25, 0.3) is 0 Å². The van der Waals surface area contributed by atoms with Crippen molar-refractivity contribution in [3.8, 4) is 55.9 Å². The molecule has 0 saturated heterocycles. The topological polar surface area (TPSA) is 9.86 Å². The molecule has 0 aliphatic rings. The van der Waals surface area contributed by atoms with E-state index in [1.807, 2.05) is 0 Å². The highest BCUT2D eigenvalue weighted by molar-refractivity contribution is 6.33. The van der Waals surface area contributed by atoms with Gasteiger partial charge in [0.05, 0.1) is 11.0 Å². The van der Waals surface area contributed by atoms with Gasteiger partial charge in [-0.15, -0.1) is 0 Å². The van der Waals surface area contributed by atoms with Crippen LogP contribution in [0, 0.1) is 27.7 Å². The number of benzene rings is 10. The number of aromatic nitrogens is 2. The summed E-state index contributed by atoms with van der Waals surface area (Å²) in [5, 5.41) is 10.3. The first-order valence-electron chi connectivity index (χ1n) is 21.7. The zero-order chi connectivity index (χ0) is 41.6. The van der Waals surface area contributed by atoms with Crippen LogP contribution in [-0.2, 0) is 0 Å². The Balaban J connectivity index is 1.15. The Morgan fingerprint density at radius 2 is 0.581 bits per heavy atom. The smallest absolute Gasteiger partial charge is 0.0613 e. The maximum Gasteiger partial charge on any atom is 0.0613 e. The molecule has 0 aliphatic carbocycles. The summed E-state index contributed by atoms with van der Waals surface area (Å²) in [5.74, 6) is 0. The van der Waals surface area contributed by atoms with Gasteiger partial charge in [0.15, 0.2) is 0 Å². The zero-order valence-corrected chi connectivity index (χ0v) is 35.4. The number of hydrogen-bond donors (Lipinski definition) is 0. The summed E-state index contributed by atoms with van der Waals surface area (Å²) in [6.07, 6.45) is 0. The van der Waals surface area contributed by atoms with Crippen molar-refractivity contribution in [1.82, 2.24) is 9.13 Å². The average Bonchev–Trinajstić information content (AvgIpc) is 3.74. The largest absolute Gasteiger partial charge is 0.313 e. The van der Waals surface area contributed by atoms with Crippen molar-refractivity contribution >= 4 is 54.1 Å². The first kappa shape index (κ1) is 36.2. The predicted octanol–water partition coefficient (Wildman–Crippen LogP) is 16.4. The van der Waals surface area contributed by atoms with Gasteiger partial charge < -0.3 is 9.13 Å². The lowest BCUT2D eigenvalue weighted by Crippen LogP contribution is -2.00. The molecule has 10 aromatic carbocycles. The molecular weight excluding hydrogens is 749 g/mol. The fourth-order valence-corrected chi connectivity index (χ4v) is 10.4. The number of rotatable bonds is 6. The molecule has 0 unspecified atom stereocenters. The third-order valence-corrected chi connectivity index (χ3v) is 13.6. The highest BCUT2D eigenvalue weighted by Gasteiger charge is 2.23. The van der Waals surface area contributed by atoms with Gasteiger partial charge in [-0.3, -0.25) is 0 Å². The Morgan fingerprint density at radius 1 is 0.274 bits per heavy atom. The summed E-state index contributed by atoms with van der Waals surface area (Å²) in [6, 6.07) is 71.8. The normalized spacial score (nSPS) is 11.9. The second-order valence-corrected chi connectivity index (χ2v) is 17.1. The average molecular weight is 793 g/mol. The second kappa shape index (κ2) is 13.9. The molecule has 2 aromatic heterocycles. The molecule has 0 radical (unpaired) electrons. The van der Waals surface area contributed by atoms with Gasteiger partial charge in [-0.2, -0.15) is 0 Å². The maximum absolute atomic E-state index is 2.53. The molecule has 12 rings (SSSR count). The molecule has 0 fully saturated rings. The molecule has 2 heteroatoms. The van der Waals surface area contributed by atoms with E-state index in [4.69, 9.17) is 0 Å². The van der Waals surface area contributed by atoms with Crippen LogP contribution in [0.25, 0.3) is 110 Å². The van der Waals surface area contributed by atoms with Crippen molar-refractivity contribution in [2.45, 2.75) is 27.7 Å². The minimum absolute atomic E-state index is 1.17. The Hall–Kier alpha value is -7.68. The summed E-state index contributed by atoms with van der Waals surface area (Å²) in [6.45, 7) is 9.16. The van der Waals surface area contributed by atoms with Crippen molar-refractivity contribution in [3.63, 3.8) is 0 Å². The van der Waals surface area contributed by atoms with Crippen LogP contribution in [0.1, 0.15) is 22.5 Å². The van der Waals surface area contributed by atoms with E-state index in [9.17, 15) is 0 Å². The quantitative estimate of drug-likeness (QED) is 0.148. The van der Waals surface area contributed by atoms with Gasteiger partial charge in [-0.25, -0.2) is 0 Å². The van der Waals surface area contributed by atoms with Crippen molar-refractivity contribution in [2.75, 3.05) is 0 Å². The van der Waals surface area contributed by atoms with E-state index in [0.29, 0.717) is 0 Å². The van der Waals surface area contributed by atoms with Crippen LogP contribution >= 0.6 is 0 Å². The lowest BCUT2D eigenvalue weighted by molar-refractivity contribution is 1.04. The molecule has 0 spiro atoms. The van der Waals surface area contributed by atoms with E-state index in [-0.39, 0.29) is 0 Å². The lowest BCUT2D eigenvalue weighted by atomic mass is 9.90. The minimum atomic E-state index is 1.17. The fraction of sp³-hybridized carbons (Fsp3) is 0.0667. The van der Waals surface area contributed by atoms with Crippen molar-refractivity contribution < 1.29 is 0 Å². The lowest BCUT2D eigenvalue weighted by Gasteiger charge is -2.18. The molecule has 2 heterocycles. The molecule has 294 valence electrons. The summed E-state index contributed by atoms with van der Waals surface area (Å²) in [7, 11) is 0. The van der Waals surface area contributed by atoms with Gasteiger partial charge >= 0.3 is 0 Å². The summed E-state index contributed by atoms with van der Waals surface area (Å²) < 4.78 is 5.06. The van der Waals surface area contributed by atoms with Crippen LogP contribution < -0.4 is 0 Å². The Bertz CT molecular complexity index is 3320. The van der Waals surface area contributed by atoms with E-state index in [0.717, 1.165) is 0 Å². The van der Waals surface area contributed by atoms with E-state index >= 15 is 0 Å².